The van der Waals surface area contributed by atoms with Gasteiger partial charge in [0.1, 0.15) is 10.4 Å². The van der Waals surface area contributed by atoms with Crippen molar-refractivity contribution in [2.45, 2.75) is 45.6 Å². The summed E-state index contributed by atoms with van der Waals surface area (Å²) in [5.74, 6) is -1.41. The van der Waals surface area contributed by atoms with Gasteiger partial charge < -0.3 is 10.4 Å². The molecule has 0 saturated carbocycles. The number of thiocarbonyl (C=S) groups is 1. The van der Waals surface area contributed by atoms with Crippen molar-refractivity contribution in [1.82, 2.24) is 10.2 Å². The van der Waals surface area contributed by atoms with Crippen LogP contribution in [0.25, 0.3) is 6.08 Å². The minimum atomic E-state index is -1.05. The third-order valence-electron chi connectivity index (χ3n) is 4.38. The first kappa shape index (κ1) is 22.1. The Balaban J connectivity index is 1.78. The number of thioether (sulfide) groups is 1. The van der Waals surface area contributed by atoms with E-state index in [1.54, 1.807) is 4.90 Å². The molecule has 1 fully saturated rings. The normalized spacial score (nSPS) is 16.5. The molecular formula is C20H24N2O4S2. The molecule has 0 bridgehead atoms. The van der Waals surface area contributed by atoms with Gasteiger partial charge in [0.05, 0.1) is 4.91 Å². The Morgan fingerprint density at radius 2 is 2.00 bits per heavy atom. The molecule has 1 atom stereocenters. The van der Waals surface area contributed by atoms with Crippen LogP contribution in [0.2, 0.25) is 0 Å². The number of nitrogens with one attached hydrogen (secondary N) is 1. The average Bonchev–Trinajstić information content (AvgIpc) is 2.90. The molecule has 150 valence electrons. The number of unbranched alkanes of at least 4 members (excludes halogenated alkanes) is 2. The second-order valence-corrected chi connectivity index (χ2v) is 8.30. The second-order valence-electron chi connectivity index (χ2n) is 6.63. The first-order chi connectivity index (χ1) is 13.3. The first-order valence-corrected chi connectivity index (χ1v) is 10.3. The molecule has 1 aromatic carbocycles. The summed E-state index contributed by atoms with van der Waals surface area (Å²) in [7, 11) is 0. The molecule has 0 spiro atoms. The van der Waals surface area contributed by atoms with Crippen LogP contribution in [-0.2, 0) is 14.4 Å². The number of carboxylic acid groups (broad SMARTS) is 1. The van der Waals surface area contributed by atoms with Gasteiger partial charge in [0, 0.05) is 13.0 Å². The SMILES string of the molecule is Cc1ccccc1/C=C1\SC(=S)N(CCCCCC(=O)NC(C)C(=O)O)C1=O. The van der Waals surface area contributed by atoms with Crippen LogP contribution in [0, 0.1) is 6.92 Å². The molecule has 0 radical (unpaired) electrons. The minimum absolute atomic E-state index is 0.0775. The number of amides is 2. The van der Waals surface area contributed by atoms with E-state index in [2.05, 4.69) is 5.32 Å². The van der Waals surface area contributed by atoms with Crippen LogP contribution < -0.4 is 5.32 Å². The van der Waals surface area contributed by atoms with Crippen LogP contribution in [0.5, 0.6) is 0 Å². The number of nitrogens with zero attached hydrogens (tertiary/aromatic N) is 1. The highest BCUT2D eigenvalue weighted by atomic mass is 32.2. The maximum atomic E-state index is 12.6. The van der Waals surface area contributed by atoms with Crippen molar-refractivity contribution in [3.8, 4) is 0 Å². The Bertz CT molecular complexity index is 807. The Morgan fingerprint density at radius 1 is 1.29 bits per heavy atom. The average molecular weight is 421 g/mol. The van der Waals surface area contributed by atoms with E-state index < -0.39 is 12.0 Å². The van der Waals surface area contributed by atoms with Gasteiger partial charge in [0.25, 0.3) is 5.91 Å². The van der Waals surface area contributed by atoms with Crippen molar-refractivity contribution in [3.63, 3.8) is 0 Å². The highest BCUT2D eigenvalue weighted by molar-refractivity contribution is 8.26. The van der Waals surface area contributed by atoms with E-state index >= 15 is 0 Å². The van der Waals surface area contributed by atoms with Gasteiger partial charge in [-0.2, -0.15) is 0 Å². The number of rotatable bonds is 9. The van der Waals surface area contributed by atoms with E-state index in [9.17, 15) is 14.4 Å². The third-order valence-corrected chi connectivity index (χ3v) is 5.76. The molecule has 6 nitrogen and oxygen atoms in total. The fraction of sp³-hybridized carbons (Fsp3) is 0.400. The largest absolute Gasteiger partial charge is 0.480 e. The molecule has 1 heterocycles. The molecule has 1 saturated heterocycles. The second kappa shape index (κ2) is 10.4. The van der Waals surface area contributed by atoms with E-state index in [1.165, 1.54) is 18.7 Å². The molecule has 2 amide bonds. The molecular weight excluding hydrogens is 396 g/mol. The standard InChI is InChI=1S/C20H24N2O4S2/c1-13-8-5-6-9-15(13)12-16-18(24)22(20(27)28-16)11-7-3-4-10-17(23)21-14(2)19(25)26/h5-6,8-9,12,14H,3-4,7,10-11H2,1-2H3,(H,21,23)(H,25,26)/b16-12-. The topological polar surface area (TPSA) is 86.7 Å². The zero-order chi connectivity index (χ0) is 20.7. The zero-order valence-corrected chi connectivity index (χ0v) is 17.6. The van der Waals surface area contributed by atoms with Crippen LogP contribution in [0.15, 0.2) is 29.2 Å². The fourth-order valence-corrected chi connectivity index (χ4v) is 3.99. The Morgan fingerprint density at radius 3 is 2.68 bits per heavy atom. The van der Waals surface area contributed by atoms with Gasteiger partial charge in [-0.15, -0.1) is 0 Å². The van der Waals surface area contributed by atoms with Crippen molar-refractivity contribution in [2.75, 3.05) is 6.54 Å². The van der Waals surface area contributed by atoms with Crippen molar-refractivity contribution in [1.29, 1.82) is 0 Å². The minimum Gasteiger partial charge on any atom is -0.480 e. The molecule has 8 heteroatoms. The predicted octanol–water partition coefficient (Wildman–Crippen LogP) is 3.35. The van der Waals surface area contributed by atoms with Gasteiger partial charge in [0.2, 0.25) is 5.91 Å². The molecule has 0 aromatic heterocycles. The number of aliphatic carboxylic acids is 1. The molecule has 0 aliphatic carbocycles. The third kappa shape index (κ3) is 6.17. The lowest BCUT2D eigenvalue weighted by Crippen LogP contribution is -2.38. The van der Waals surface area contributed by atoms with Crippen LogP contribution in [0.3, 0.4) is 0 Å². The summed E-state index contributed by atoms with van der Waals surface area (Å²) < 4.78 is 0.554. The Hall–Kier alpha value is -2.19. The molecule has 1 aliphatic heterocycles. The molecule has 1 aromatic rings. The summed E-state index contributed by atoms with van der Waals surface area (Å²) >= 11 is 6.66. The van der Waals surface area contributed by atoms with Gasteiger partial charge in [-0.05, 0) is 43.9 Å². The maximum Gasteiger partial charge on any atom is 0.325 e. The molecule has 1 aliphatic rings. The highest BCUT2D eigenvalue weighted by Gasteiger charge is 2.31. The zero-order valence-electron chi connectivity index (χ0n) is 15.9. The molecule has 2 rings (SSSR count). The van der Waals surface area contributed by atoms with Crippen LogP contribution in [0.4, 0.5) is 0 Å². The van der Waals surface area contributed by atoms with E-state index in [0.717, 1.165) is 24.0 Å². The van der Waals surface area contributed by atoms with Gasteiger partial charge in [-0.25, -0.2) is 0 Å². The van der Waals surface area contributed by atoms with Crippen molar-refractivity contribution >= 4 is 52.2 Å². The number of hydrogen-bond acceptors (Lipinski definition) is 5. The summed E-state index contributed by atoms with van der Waals surface area (Å²) in [6.45, 7) is 3.95. The van der Waals surface area contributed by atoms with E-state index in [0.29, 0.717) is 22.2 Å². The number of aryl methyl sites for hydroxylation is 1. The highest BCUT2D eigenvalue weighted by Crippen LogP contribution is 2.33. The lowest BCUT2D eigenvalue weighted by molar-refractivity contribution is -0.141. The van der Waals surface area contributed by atoms with E-state index in [1.807, 2.05) is 37.3 Å². The van der Waals surface area contributed by atoms with Gasteiger partial charge in [-0.1, -0.05) is 54.7 Å². The van der Waals surface area contributed by atoms with E-state index in [4.69, 9.17) is 17.3 Å². The summed E-state index contributed by atoms with van der Waals surface area (Å²) in [5, 5.41) is 11.2. The number of benzene rings is 1. The maximum absolute atomic E-state index is 12.6. The number of carboxylic acids is 1. The summed E-state index contributed by atoms with van der Waals surface area (Å²) in [4.78, 5) is 37.2. The van der Waals surface area contributed by atoms with Crippen molar-refractivity contribution in [3.05, 3.63) is 40.3 Å². The van der Waals surface area contributed by atoms with Gasteiger partial charge in [0.15, 0.2) is 0 Å². The Kier molecular flexibility index (Phi) is 8.19. The summed E-state index contributed by atoms with van der Waals surface area (Å²) in [5.41, 5.74) is 2.10. The lowest BCUT2D eigenvalue weighted by atomic mass is 10.1. The lowest BCUT2D eigenvalue weighted by Gasteiger charge is -2.14. The molecule has 28 heavy (non-hydrogen) atoms. The van der Waals surface area contributed by atoms with Gasteiger partial charge in [-0.3, -0.25) is 19.3 Å². The van der Waals surface area contributed by atoms with Gasteiger partial charge >= 0.3 is 5.97 Å². The smallest absolute Gasteiger partial charge is 0.325 e. The summed E-state index contributed by atoms with van der Waals surface area (Å²) in [6.07, 6.45) is 4.26. The van der Waals surface area contributed by atoms with Crippen molar-refractivity contribution in [2.24, 2.45) is 0 Å². The monoisotopic (exact) mass is 420 g/mol. The molecule has 2 N–H and O–H groups in total. The summed E-state index contributed by atoms with van der Waals surface area (Å²) in [6, 6.07) is 6.98. The van der Waals surface area contributed by atoms with Crippen LogP contribution in [0.1, 0.15) is 43.7 Å². The Labute approximate surface area is 174 Å². The van der Waals surface area contributed by atoms with E-state index in [-0.39, 0.29) is 18.2 Å². The van der Waals surface area contributed by atoms with Crippen LogP contribution in [-0.4, -0.2) is 44.7 Å². The van der Waals surface area contributed by atoms with Crippen molar-refractivity contribution < 1.29 is 19.5 Å². The quantitative estimate of drug-likeness (QED) is 0.362. The fourth-order valence-electron chi connectivity index (χ4n) is 2.69. The first-order valence-electron chi connectivity index (χ1n) is 9.12. The predicted molar refractivity (Wildman–Crippen MR) is 115 cm³/mol. The number of carbonyl (C=O) groups is 3. The van der Waals surface area contributed by atoms with Crippen LogP contribution >= 0.6 is 24.0 Å². The molecule has 1 unspecified atom stereocenters. The number of hydrogen-bond donors (Lipinski definition) is 2. The number of carbonyl (C=O) groups excluding carboxylic acids is 2.